The summed E-state index contributed by atoms with van der Waals surface area (Å²) in [6.07, 6.45) is 1.45. The molecule has 1 aromatic carbocycles. The number of nitrogens with one attached hydrogen (secondary N) is 1. The first kappa shape index (κ1) is 18.8. The number of rotatable bonds is 9. The molecule has 1 heterocycles. The van der Waals surface area contributed by atoms with Crippen LogP contribution in [0.1, 0.15) is 25.1 Å². The predicted octanol–water partition coefficient (Wildman–Crippen LogP) is 3.29. The molecule has 0 aliphatic rings. The van der Waals surface area contributed by atoms with Gasteiger partial charge in [0.05, 0.1) is 5.69 Å². The fraction of sp³-hybridized carbons (Fsp3) is 0.412. The highest BCUT2D eigenvalue weighted by Crippen LogP contribution is 2.34. The lowest BCUT2D eigenvalue weighted by Crippen LogP contribution is -2.26. The van der Waals surface area contributed by atoms with Crippen LogP contribution in [-0.2, 0) is 17.6 Å². The van der Waals surface area contributed by atoms with Gasteiger partial charge in [-0.15, -0.1) is 11.3 Å². The lowest BCUT2D eigenvalue weighted by Gasteiger charge is -2.15. The zero-order valence-electron chi connectivity index (χ0n) is 13.8. The molecule has 130 valence electrons. The Morgan fingerprint density at radius 2 is 2.00 bits per heavy atom. The maximum atomic E-state index is 11.2. The van der Waals surface area contributed by atoms with Crippen molar-refractivity contribution in [2.45, 2.75) is 35.8 Å². The normalized spacial score (nSPS) is 11.5. The Morgan fingerprint density at radius 1 is 1.29 bits per heavy atom. The number of carbonyl (C=O) groups is 1. The van der Waals surface area contributed by atoms with E-state index in [4.69, 9.17) is 10.2 Å². The zero-order chi connectivity index (χ0) is 17.6. The van der Waals surface area contributed by atoms with Crippen LogP contribution in [-0.4, -0.2) is 39.1 Å². The molecule has 0 spiro atoms. The summed E-state index contributed by atoms with van der Waals surface area (Å²) in [5.74, 6) is -0.837. The molecule has 0 bridgehead atoms. The van der Waals surface area contributed by atoms with Crippen LogP contribution in [0.25, 0.3) is 0 Å². The van der Waals surface area contributed by atoms with E-state index in [-0.39, 0.29) is 6.61 Å². The summed E-state index contributed by atoms with van der Waals surface area (Å²) in [6, 6.07) is 8.01. The number of carboxylic acid groups (broad SMARTS) is 1. The maximum absolute atomic E-state index is 11.2. The molecule has 0 atom stereocenters. The second kappa shape index (κ2) is 8.50. The van der Waals surface area contributed by atoms with Crippen LogP contribution in [0, 0.1) is 0 Å². The number of thioether (sulfide) groups is 1. The van der Waals surface area contributed by atoms with E-state index in [0.717, 1.165) is 34.2 Å². The average Bonchev–Trinajstić information content (AvgIpc) is 2.96. The Morgan fingerprint density at radius 3 is 2.62 bits per heavy atom. The van der Waals surface area contributed by atoms with Crippen molar-refractivity contribution in [3.8, 4) is 0 Å². The summed E-state index contributed by atoms with van der Waals surface area (Å²) in [4.78, 5) is 15.7. The van der Waals surface area contributed by atoms with E-state index >= 15 is 0 Å². The molecule has 7 heteroatoms. The van der Waals surface area contributed by atoms with E-state index in [0.29, 0.717) is 6.42 Å². The molecule has 2 rings (SSSR count). The van der Waals surface area contributed by atoms with Gasteiger partial charge in [-0.2, -0.15) is 0 Å². The van der Waals surface area contributed by atoms with Gasteiger partial charge in [-0.05, 0) is 38.0 Å². The largest absolute Gasteiger partial charge is 0.480 e. The fourth-order valence-electron chi connectivity index (χ4n) is 1.97. The number of aliphatic carboxylic acids is 1. The molecule has 0 radical (unpaired) electrons. The third-order valence-corrected chi connectivity index (χ3v) is 5.63. The van der Waals surface area contributed by atoms with Crippen LogP contribution < -0.4 is 5.32 Å². The van der Waals surface area contributed by atoms with Crippen molar-refractivity contribution in [3.63, 3.8) is 0 Å². The van der Waals surface area contributed by atoms with Gasteiger partial charge in [0.25, 0.3) is 0 Å². The highest BCUT2D eigenvalue weighted by Gasteiger charge is 2.29. The van der Waals surface area contributed by atoms with E-state index in [1.165, 1.54) is 23.1 Å². The van der Waals surface area contributed by atoms with Crippen LogP contribution in [0.2, 0.25) is 0 Å². The summed E-state index contributed by atoms with van der Waals surface area (Å²) in [6.45, 7) is 4.29. The maximum Gasteiger partial charge on any atom is 0.319 e. The van der Waals surface area contributed by atoms with E-state index in [1.54, 1.807) is 13.8 Å². The first-order chi connectivity index (χ1) is 11.4. The molecule has 0 amide bonds. The Kier molecular flexibility index (Phi) is 6.65. The molecular formula is C17H22N2O3S2. The SMILES string of the molecule is CC(C)(Sc1nc(CCNc2ccc(CCO)cc2)cs1)C(=O)O. The van der Waals surface area contributed by atoms with Gasteiger partial charge in [0, 0.05) is 30.6 Å². The minimum absolute atomic E-state index is 0.162. The molecule has 5 nitrogen and oxygen atoms in total. The second-order valence-electron chi connectivity index (χ2n) is 5.87. The molecule has 1 aromatic heterocycles. The van der Waals surface area contributed by atoms with Crippen molar-refractivity contribution in [2.75, 3.05) is 18.5 Å². The number of hydrogen-bond donors (Lipinski definition) is 3. The van der Waals surface area contributed by atoms with Gasteiger partial charge in [-0.1, -0.05) is 23.9 Å². The van der Waals surface area contributed by atoms with Crippen LogP contribution in [0.5, 0.6) is 0 Å². The molecular weight excluding hydrogens is 344 g/mol. The summed E-state index contributed by atoms with van der Waals surface area (Å²) in [5, 5.41) is 23.4. The van der Waals surface area contributed by atoms with E-state index in [1.807, 2.05) is 29.6 Å². The molecule has 3 N–H and O–H groups in total. The quantitative estimate of drug-likeness (QED) is 0.591. The van der Waals surface area contributed by atoms with E-state index in [2.05, 4.69) is 10.3 Å². The highest BCUT2D eigenvalue weighted by atomic mass is 32.2. The Bertz CT molecular complexity index is 669. The summed E-state index contributed by atoms with van der Waals surface area (Å²) in [5.41, 5.74) is 3.12. The number of aliphatic hydroxyl groups excluding tert-OH is 1. The number of aliphatic hydroxyl groups is 1. The molecule has 0 fully saturated rings. The van der Waals surface area contributed by atoms with Crippen molar-refractivity contribution >= 4 is 34.8 Å². The molecule has 0 saturated carbocycles. The number of carboxylic acids is 1. The van der Waals surface area contributed by atoms with Gasteiger partial charge < -0.3 is 15.5 Å². The molecule has 24 heavy (non-hydrogen) atoms. The third kappa shape index (κ3) is 5.51. The molecule has 0 unspecified atom stereocenters. The molecule has 2 aromatic rings. The summed E-state index contributed by atoms with van der Waals surface area (Å²) >= 11 is 2.76. The topological polar surface area (TPSA) is 82.5 Å². The molecule has 0 aliphatic heterocycles. The first-order valence-corrected chi connectivity index (χ1v) is 9.41. The van der Waals surface area contributed by atoms with E-state index in [9.17, 15) is 4.79 Å². The fourth-order valence-corrected chi connectivity index (χ4v) is 4.19. The van der Waals surface area contributed by atoms with Crippen molar-refractivity contribution in [3.05, 3.63) is 40.9 Å². The number of benzene rings is 1. The van der Waals surface area contributed by atoms with E-state index < -0.39 is 10.7 Å². The first-order valence-electron chi connectivity index (χ1n) is 7.71. The van der Waals surface area contributed by atoms with Gasteiger partial charge in [-0.25, -0.2) is 4.98 Å². The minimum Gasteiger partial charge on any atom is -0.480 e. The lowest BCUT2D eigenvalue weighted by molar-refractivity contribution is -0.138. The van der Waals surface area contributed by atoms with Gasteiger partial charge in [0.1, 0.15) is 4.75 Å². The van der Waals surface area contributed by atoms with Crippen molar-refractivity contribution in [1.82, 2.24) is 4.98 Å². The Hall–Kier alpha value is -1.57. The zero-order valence-corrected chi connectivity index (χ0v) is 15.4. The summed E-state index contributed by atoms with van der Waals surface area (Å²) < 4.78 is -0.0882. The van der Waals surface area contributed by atoms with Crippen molar-refractivity contribution in [1.29, 1.82) is 0 Å². The highest BCUT2D eigenvalue weighted by molar-refractivity contribution is 8.02. The van der Waals surface area contributed by atoms with Gasteiger partial charge in [-0.3, -0.25) is 4.79 Å². The van der Waals surface area contributed by atoms with Crippen LogP contribution in [0.15, 0.2) is 34.0 Å². The second-order valence-corrected chi connectivity index (χ2v) is 8.60. The number of hydrogen-bond acceptors (Lipinski definition) is 6. The standard InChI is InChI=1S/C17H22N2O3S2/c1-17(2,15(21)22)24-16-19-14(11-23-16)7-9-18-13-5-3-12(4-6-13)8-10-20/h3-6,11,18,20H,7-10H2,1-2H3,(H,21,22). The third-order valence-electron chi connectivity index (χ3n) is 3.45. The summed E-state index contributed by atoms with van der Waals surface area (Å²) in [7, 11) is 0. The number of nitrogens with zero attached hydrogens (tertiary/aromatic N) is 1. The van der Waals surface area contributed by atoms with Crippen molar-refractivity contribution in [2.24, 2.45) is 0 Å². The van der Waals surface area contributed by atoms with Gasteiger partial charge in [0.15, 0.2) is 4.34 Å². The average molecular weight is 367 g/mol. The van der Waals surface area contributed by atoms with Crippen molar-refractivity contribution < 1.29 is 15.0 Å². The van der Waals surface area contributed by atoms with Crippen LogP contribution in [0.4, 0.5) is 5.69 Å². The Balaban J connectivity index is 1.81. The molecule has 0 saturated heterocycles. The van der Waals surface area contributed by atoms with Crippen LogP contribution in [0.3, 0.4) is 0 Å². The number of aromatic nitrogens is 1. The number of thiazole rings is 1. The minimum atomic E-state index is -0.871. The van der Waals surface area contributed by atoms with Gasteiger partial charge in [0.2, 0.25) is 0 Å². The number of anilines is 1. The monoisotopic (exact) mass is 366 g/mol. The smallest absolute Gasteiger partial charge is 0.319 e. The molecule has 0 aliphatic carbocycles. The Labute approximate surface area is 150 Å². The van der Waals surface area contributed by atoms with Crippen LogP contribution >= 0.6 is 23.1 Å². The lowest BCUT2D eigenvalue weighted by atomic mass is 10.1. The van der Waals surface area contributed by atoms with Gasteiger partial charge >= 0.3 is 5.97 Å². The predicted molar refractivity (Wildman–Crippen MR) is 99.1 cm³/mol.